The van der Waals surface area contributed by atoms with Crippen molar-refractivity contribution in [2.45, 2.75) is 37.3 Å². The molecule has 116 valence electrons. The highest BCUT2D eigenvalue weighted by atomic mass is 16.5. The van der Waals surface area contributed by atoms with Crippen molar-refractivity contribution >= 4 is 5.91 Å². The maximum absolute atomic E-state index is 13.0. The van der Waals surface area contributed by atoms with E-state index in [1.165, 1.54) is 12.8 Å². The zero-order chi connectivity index (χ0) is 14.7. The van der Waals surface area contributed by atoms with Crippen molar-refractivity contribution in [1.82, 2.24) is 20.4 Å². The minimum absolute atomic E-state index is 0.0849. The van der Waals surface area contributed by atoms with Gasteiger partial charge in [0, 0.05) is 19.5 Å². The van der Waals surface area contributed by atoms with Gasteiger partial charge in [-0.05, 0) is 50.8 Å². The molecule has 1 aromatic heterocycles. The first-order chi connectivity index (χ1) is 10.3. The van der Waals surface area contributed by atoms with Gasteiger partial charge in [0.05, 0.1) is 12.6 Å². The Morgan fingerprint density at radius 1 is 1.52 bits per heavy atom. The average Bonchev–Trinajstić information content (AvgIpc) is 3.21. The number of hydrogen-bond donors (Lipinski definition) is 2. The predicted octanol–water partition coefficient (Wildman–Crippen LogP) is 0.503. The minimum atomic E-state index is -0.560. The van der Waals surface area contributed by atoms with Gasteiger partial charge in [0.1, 0.15) is 5.54 Å². The van der Waals surface area contributed by atoms with Crippen molar-refractivity contribution in [2.75, 3.05) is 26.8 Å². The Morgan fingerprint density at radius 3 is 2.86 bits per heavy atom. The number of methoxy groups -OCH3 is 1. The minimum Gasteiger partial charge on any atom is -0.383 e. The van der Waals surface area contributed by atoms with E-state index >= 15 is 0 Å². The van der Waals surface area contributed by atoms with Crippen molar-refractivity contribution in [3.63, 3.8) is 0 Å². The van der Waals surface area contributed by atoms with E-state index in [2.05, 4.69) is 15.7 Å². The second-order valence-corrected chi connectivity index (χ2v) is 6.10. The van der Waals surface area contributed by atoms with Crippen LogP contribution in [0.25, 0.3) is 0 Å². The van der Waals surface area contributed by atoms with Gasteiger partial charge in [0.25, 0.3) is 0 Å². The fraction of sp³-hybridized carbons (Fsp3) is 0.733. The van der Waals surface area contributed by atoms with Crippen LogP contribution in [0, 0.1) is 5.92 Å². The zero-order valence-corrected chi connectivity index (χ0v) is 12.5. The molecule has 3 rings (SSSR count). The summed E-state index contributed by atoms with van der Waals surface area (Å²) in [5.41, 5.74) is -0.560. The van der Waals surface area contributed by atoms with Crippen molar-refractivity contribution < 1.29 is 9.53 Å². The van der Waals surface area contributed by atoms with Crippen molar-refractivity contribution in [2.24, 2.45) is 5.92 Å². The first-order valence-corrected chi connectivity index (χ1v) is 7.77. The van der Waals surface area contributed by atoms with E-state index in [0.29, 0.717) is 12.5 Å². The molecule has 2 N–H and O–H groups in total. The lowest BCUT2D eigenvalue weighted by molar-refractivity contribution is -0.133. The molecular weight excluding hydrogens is 268 g/mol. The van der Waals surface area contributed by atoms with Crippen LogP contribution in [-0.4, -0.2) is 48.5 Å². The fourth-order valence-corrected chi connectivity index (χ4v) is 3.20. The van der Waals surface area contributed by atoms with Crippen LogP contribution in [0.3, 0.4) is 0 Å². The summed E-state index contributed by atoms with van der Waals surface area (Å²) < 4.78 is 7.10. The SMILES string of the molecule is COCC(NC(=O)C1(n2cccn2)CCNCC1)C1CC1. The highest BCUT2D eigenvalue weighted by Gasteiger charge is 2.44. The standard InChI is InChI=1S/C15H24N4O2/c1-21-11-13(12-3-4-12)18-14(20)15(5-8-16-9-6-15)19-10-2-7-17-19/h2,7,10,12-13,16H,3-6,8-9,11H2,1H3,(H,18,20). The normalized spacial score (nSPS) is 22.7. The number of ether oxygens (including phenoxy) is 1. The topological polar surface area (TPSA) is 68.2 Å². The molecular formula is C15H24N4O2. The van der Waals surface area contributed by atoms with Crippen LogP contribution in [0.2, 0.25) is 0 Å². The molecule has 0 aromatic carbocycles. The first-order valence-electron chi connectivity index (χ1n) is 7.77. The van der Waals surface area contributed by atoms with Crippen LogP contribution in [0.1, 0.15) is 25.7 Å². The summed E-state index contributed by atoms with van der Waals surface area (Å²) in [7, 11) is 1.69. The molecule has 1 aromatic rings. The van der Waals surface area contributed by atoms with Gasteiger partial charge in [-0.2, -0.15) is 5.10 Å². The van der Waals surface area contributed by atoms with E-state index in [4.69, 9.17) is 4.74 Å². The lowest BCUT2D eigenvalue weighted by atomic mass is 9.87. The molecule has 21 heavy (non-hydrogen) atoms. The number of nitrogens with zero attached hydrogens (tertiary/aromatic N) is 2. The molecule has 2 aliphatic rings. The van der Waals surface area contributed by atoms with E-state index in [-0.39, 0.29) is 11.9 Å². The molecule has 2 fully saturated rings. The predicted molar refractivity (Wildman–Crippen MR) is 78.8 cm³/mol. The lowest BCUT2D eigenvalue weighted by Gasteiger charge is -2.37. The Labute approximate surface area is 125 Å². The average molecular weight is 292 g/mol. The second kappa shape index (κ2) is 6.15. The number of amides is 1. The van der Waals surface area contributed by atoms with Crippen LogP contribution >= 0.6 is 0 Å². The van der Waals surface area contributed by atoms with Gasteiger partial charge in [0.15, 0.2) is 0 Å². The lowest BCUT2D eigenvalue weighted by Crippen LogP contribution is -2.57. The third-order valence-electron chi connectivity index (χ3n) is 4.65. The molecule has 2 heterocycles. The Bertz CT molecular complexity index is 464. The van der Waals surface area contributed by atoms with Gasteiger partial charge in [-0.15, -0.1) is 0 Å². The van der Waals surface area contributed by atoms with E-state index in [9.17, 15) is 4.79 Å². The number of hydrogen-bond acceptors (Lipinski definition) is 4. The highest BCUT2D eigenvalue weighted by molar-refractivity contribution is 5.85. The van der Waals surface area contributed by atoms with Crippen molar-refractivity contribution in [3.05, 3.63) is 18.5 Å². The molecule has 6 nitrogen and oxygen atoms in total. The number of carbonyl (C=O) groups excluding carboxylic acids is 1. The van der Waals surface area contributed by atoms with E-state index in [1.54, 1.807) is 13.3 Å². The number of aromatic nitrogens is 2. The summed E-state index contributed by atoms with van der Waals surface area (Å²) in [6.45, 7) is 2.27. The number of rotatable bonds is 6. The van der Waals surface area contributed by atoms with E-state index < -0.39 is 5.54 Å². The summed E-state index contributed by atoms with van der Waals surface area (Å²) in [4.78, 5) is 13.0. The molecule has 1 unspecified atom stereocenters. The summed E-state index contributed by atoms with van der Waals surface area (Å²) in [5, 5.41) is 10.9. The molecule has 0 radical (unpaired) electrons. The monoisotopic (exact) mass is 292 g/mol. The van der Waals surface area contributed by atoms with Crippen molar-refractivity contribution in [3.8, 4) is 0 Å². The van der Waals surface area contributed by atoms with Crippen LogP contribution in [0.5, 0.6) is 0 Å². The van der Waals surface area contributed by atoms with E-state index in [0.717, 1.165) is 25.9 Å². The third kappa shape index (κ3) is 2.96. The van der Waals surface area contributed by atoms with Gasteiger partial charge in [-0.25, -0.2) is 0 Å². The quantitative estimate of drug-likeness (QED) is 0.801. The molecule has 1 saturated heterocycles. The summed E-state index contributed by atoms with van der Waals surface area (Å²) >= 11 is 0. The zero-order valence-electron chi connectivity index (χ0n) is 12.5. The summed E-state index contributed by atoms with van der Waals surface area (Å²) in [6, 6.07) is 2.01. The van der Waals surface area contributed by atoms with Crippen LogP contribution in [0.15, 0.2) is 18.5 Å². The number of piperidine rings is 1. The first kappa shape index (κ1) is 14.5. The number of nitrogens with one attached hydrogen (secondary N) is 2. The fourth-order valence-electron chi connectivity index (χ4n) is 3.20. The van der Waals surface area contributed by atoms with Gasteiger partial charge in [0.2, 0.25) is 5.91 Å². The molecule has 6 heteroatoms. The molecule has 1 amide bonds. The molecule has 1 atom stereocenters. The van der Waals surface area contributed by atoms with Crippen LogP contribution in [0.4, 0.5) is 0 Å². The van der Waals surface area contributed by atoms with Gasteiger partial charge >= 0.3 is 0 Å². The Kier molecular flexibility index (Phi) is 4.26. The van der Waals surface area contributed by atoms with Gasteiger partial charge in [-0.1, -0.05) is 0 Å². The Hall–Kier alpha value is -1.40. The van der Waals surface area contributed by atoms with Crippen LogP contribution < -0.4 is 10.6 Å². The smallest absolute Gasteiger partial charge is 0.248 e. The highest BCUT2D eigenvalue weighted by Crippen LogP contribution is 2.34. The molecule has 0 bridgehead atoms. The summed E-state index contributed by atoms with van der Waals surface area (Å²) in [5.74, 6) is 0.659. The van der Waals surface area contributed by atoms with Gasteiger partial charge < -0.3 is 15.4 Å². The van der Waals surface area contributed by atoms with E-state index in [1.807, 2.05) is 16.9 Å². The van der Waals surface area contributed by atoms with Gasteiger partial charge in [-0.3, -0.25) is 9.48 Å². The summed E-state index contributed by atoms with van der Waals surface area (Å²) in [6.07, 6.45) is 7.54. The largest absolute Gasteiger partial charge is 0.383 e. The van der Waals surface area contributed by atoms with Crippen LogP contribution in [-0.2, 0) is 15.1 Å². The second-order valence-electron chi connectivity index (χ2n) is 6.10. The number of carbonyl (C=O) groups is 1. The molecule has 1 aliphatic heterocycles. The Morgan fingerprint density at radius 2 is 2.29 bits per heavy atom. The molecule has 1 aliphatic carbocycles. The van der Waals surface area contributed by atoms with Crippen molar-refractivity contribution in [1.29, 1.82) is 0 Å². The maximum atomic E-state index is 13.0. The molecule has 1 saturated carbocycles. The third-order valence-corrected chi connectivity index (χ3v) is 4.65. The maximum Gasteiger partial charge on any atom is 0.248 e. The Balaban J connectivity index is 1.77. The molecule has 0 spiro atoms.